The zero-order valence-corrected chi connectivity index (χ0v) is 7.97. The van der Waals surface area contributed by atoms with Crippen molar-refractivity contribution in [1.82, 2.24) is 9.36 Å². The molecule has 12 heavy (non-hydrogen) atoms. The Hall–Kier alpha value is -0.640. The quantitative estimate of drug-likeness (QED) is 0.763. The molecule has 1 aliphatic rings. The Morgan fingerprint density at radius 2 is 2.50 bits per heavy atom. The van der Waals surface area contributed by atoms with Crippen molar-refractivity contribution in [3.05, 3.63) is 6.33 Å². The van der Waals surface area contributed by atoms with Gasteiger partial charge in [-0.25, -0.2) is 4.98 Å². The molecule has 1 N–H and O–H groups in total. The summed E-state index contributed by atoms with van der Waals surface area (Å²) < 4.78 is 3.96. The first-order valence-corrected chi connectivity index (χ1v) is 5.17. The Labute approximate surface area is 76.4 Å². The summed E-state index contributed by atoms with van der Waals surface area (Å²) in [5, 5.41) is 4.38. The zero-order valence-electron chi connectivity index (χ0n) is 7.16. The summed E-state index contributed by atoms with van der Waals surface area (Å²) in [5.74, 6) is 0.786. The first-order chi connectivity index (χ1) is 5.86. The molecule has 0 aliphatic heterocycles. The average molecular weight is 183 g/mol. The van der Waals surface area contributed by atoms with Crippen molar-refractivity contribution in [2.75, 3.05) is 5.32 Å². The van der Waals surface area contributed by atoms with Crippen molar-refractivity contribution in [3.8, 4) is 0 Å². The second-order valence-corrected chi connectivity index (χ2v) is 4.19. The number of hydrogen-bond donors (Lipinski definition) is 1. The standard InChI is InChI=1S/C8H13N3S/c1-6-3-2-4-7(6)11-8-9-5-10-12-8/h5-7H,2-4H2,1H3,(H,9,10,11). The molecule has 0 amide bonds. The molecular weight excluding hydrogens is 170 g/mol. The molecule has 1 aromatic heterocycles. The summed E-state index contributed by atoms with van der Waals surface area (Å²) >= 11 is 1.44. The summed E-state index contributed by atoms with van der Waals surface area (Å²) in [6.45, 7) is 2.30. The molecule has 1 aliphatic carbocycles. The van der Waals surface area contributed by atoms with E-state index in [2.05, 4.69) is 21.6 Å². The highest BCUT2D eigenvalue weighted by Gasteiger charge is 2.23. The van der Waals surface area contributed by atoms with E-state index in [4.69, 9.17) is 0 Å². The van der Waals surface area contributed by atoms with E-state index in [1.165, 1.54) is 30.8 Å². The number of rotatable bonds is 2. The third-order valence-corrected chi connectivity index (χ3v) is 3.13. The van der Waals surface area contributed by atoms with Crippen molar-refractivity contribution in [2.24, 2.45) is 5.92 Å². The Morgan fingerprint density at radius 1 is 1.58 bits per heavy atom. The van der Waals surface area contributed by atoms with Gasteiger partial charge in [-0.3, -0.25) is 0 Å². The van der Waals surface area contributed by atoms with Gasteiger partial charge in [-0.05, 0) is 18.8 Å². The number of hydrogen-bond acceptors (Lipinski definition) is 4. The molecule has 0 radical (unpaired) electrons. The number of nitrogens with one attached hydrogen (secondary N) is 1. The van der Waals surface area contributed by atoms with Gasteiger partial charge in [0, 0.05) is 17.6 Å². The molecule has 4 heteroatoms. The SMILES string of the molecule is CC1CCCC1Nc1ncns1. The van der Waals surface area contributed by atoms with Crippen LogP contribution in [0.4, 0.5) is 5.13 Å². The van der Waals surface area contributed by atoms with E-state index in [9.17, 15) is 0 Å². The Balaban J connectivity index is 1.95. The van der Waals surface area contributed by atoms with Gasteiger partial charge in [-0.15, -0.1) is 0 Å². The maximum atomic E-state index is 4.11. The molecule has 1 heterocycles. The maximum absolute atomic E-state index is 4.11. The summed E-state index contributed by atoms with van der Waals surface area (Å²) in [7, 11) is 0. The molecule has 0 spiro atoms. The van der Waals surface area contributed by atoms with Gasteiger partial charge in [-0.1, -0.05) is 13.3 Å². The largest absolute Gasteiger partial charge is 0.357 e. The molecular formula is C8H13N3S. The molecule has 2 unspecified atom stereocenters. The highest BCUT2D eigenvalue weighted by atomic mass is 32.1. The van der Waals surface area contributed by atoms with Crippen LogP contribution in [0.2, 0.25) is 0 Å². The Bertz CT molecular complexity index is 234. The van der Waals surface area contributed by atoms with E-state index in [0.29, 0.717) is 6.04 Å². The lowest BCUT2D eigenvalue weighted by atomic mass is 10.1. The summed E-state index contributed by atoms with van der Waals surface area (Å²) in [4.78, 5) is 4.11. The molecule has 3 nitrogen and oxygen atoms in total. The second-order valence-electron chi connectivity index (χ2n) is 3.41. The number of aromatic nitrogens is 2. The summed E-state index contributed by atoms with van der Waals surface area (Å²) in [5.41, 5.74) is 0. The number of nitrogens with zero attached hydrogens (tertiary/aromatic N) is 2. The van der Waals surface area contributed by atoms with Crippen LogP contribution in [0.1, 0.15) is 26.2 Å². The fraction of sp³-hybridized carbons (Fsp3) is 0.750. The lowest BCUT2D eigenvalue weighted by molar-refractivity contribution is 0.556. The van der Waals surface area contributed by atoms with Crippen molar-refractivity contribution >= 4 is 16.7 Å². The van der Waals surface area contributed by atoms with Gasteiger partial charge in [0.1, 0.15) is 6.33 Å². The highest BCUT2D eigenvalue weighted by molar-refractivity contribution is 7.09. The van der Waals surface area contributed by atoms with Crippen LogP contribution in [-0.4, -0.2) is 15.4 Å². The topological polar surface area (TPSA) is 37.8 Å². The number of anilines is 1. The normalized spacial score (nSPS) is 29.1. The molecule has 1 aromatic rings. The molecule has 1 saturated carbocycles. The van der Waals surface area contributed by atoms with Gasteiger partial charge in [0.2, 0.25) is 5.13 Å². The smallest absolute Gasteiger partial charge is 0.202 e. The maximum Gasteiger partial charge on any atom is 0.202 e. The minimum Gasteiger partial charge on any atom is -0.357 e. The lowest BCUT2D eigenvalue weighted by Crippen LogP contribution is -2.21. The van der Waals surface area contributed by atoms with Crippen LogP contribution in [0.3, 0.4) is 0 Å². The van der Waals surface area contributed by atoms with Crippen molar-refractivity contribution in [1.29, 1.82) is 0 Å². The van der Waals surface area contributed by atoms with Crippen LogP contribution in [0.5, 0.6) is 0 Å². The van der Waals surface area contributed by atoms with E-state index >= 15 is 0 Å². The van der Waals surface area contributed by atoms with Crippen LogP contribution in [0.15, 0.2) is 6.33 Å². The first kappa shape index (κ1) is 7.98. The molecule has 2 atom stereocenters. The lowest BCUT2D eigenvalue weighted by Gasteiger charge is -2.15. The molecule has 0 saturated heterocycles. The highest BCUT2D eigenvalue weighted by Crippen LogP contribution is 2.27. The van der Waals surface area contributed by atoms with Crippen LogP contribution in [0, 0.1) is 5.92 Å². The minimum absolute atomic E-state index is 0.623. The molecule has 1 fully saturated rings. The average Bonchev–Trinajstić information content (AvgIpc) is 2.65. The second kappa shape index (κ2) is 3.39. The van der Waals surface area contributed by atoms with Crippen LogP contribution < -0.4 is 5.32 Å². The zero-order chi connectivity index (χ0) is 8.39. The van der Waals surface area contributed by atoms with Crippen molar-refractivity contribution in [3.63, 3.8) is 0 Å². The Kier molecular flexibility index (Phi) is 2.26. The fourth-order valence-corrected chi connectivity index (χ4v) is 2.25. The molecule has 0 bridgehead atoms. The van der Waals surface area contributed by atoms with E-state index in [0.717, 1.165) is 11.0 Å². The molecule has 66 valence electrons. The predicted molar refractivity (Wildman–Crippen MR) is 50.3 cm³/mol. The van der Waals surface area contributed by atoms with Gasteiger partial charge in [0.15, 0.2) is 0 Å². The summed E-state index contributed by atoms with van der Waals surface area (Å²) in [6, 6.07) is 0.623. The van der Waals surface area contributed by atoms with Crippen LogP contribution >= 0.6 is 11.5 Å². The fourth-order valence-electron chi connectivity index (χ4n) is 1.76. The van der Waals surface area contributed by atoms with E-state index in [1.54, 1.807) is 6.33 Å². The van der Waals surface area contributed by atoms with E-state index in [-0.39, 0.29) is 0 Å². The van der Waals surface area contributed by atoms with E-state index < -0.39 is 0 Å². The third-order valence-electron chi connectivity index (χ3n) is 2.53. The summed E-state index contributed by atoms with van der Waals surface area (Å²) in [6.07, 6.45) is 5.57. The third kappa shape index (κ3) is 1.58. The van der Waals surface area contributed by atoms with Gasteiger partial charge < -0.3 is 5.32 Å². The Morgan fingerprint density at radius 3 is 3.08 bits per heavy atom. The van der Waals surface area contributed by atoms with Gasteiger partial charge >= 0.3 is 0 Å². The van der Waals surface area contributed by atoms with Gasteiger partial charge in [-0.2, -0.15) is 4.37 Å². The molecule has 0 aromatic carbocycles. The van der Waals surface area contributed by atoms with Crippen LogP contribution in [0.25, 0.3) is 0 Å². The minimum atomic E-state index is 0.623. The monoisotopic (exact) mass is 183 g/mol. The van der Waals surface area contributed by atoms with Crippen LogP contribution in [-0.2, 0) is 0 Å². The van der Waals surface area contributed by atoms with Gasteiger partial charge in [0.25, 0.3) is 0 Å². The predicted octanol–water partition coefficient (Wildman–Crippen LogP) is 2.14. The van der Waals surface area contributed by atoms with Gasteiger partial charge in [0.05, 0.1) is 0 Å². The molecule has 2 rings (SSSR count). The first-order valence-electron chi connectivity index (χ1n) is 4.39. The van der Waals surface area contributed by atoms with Crippen molar-refractivity contribution in [2.45, 2.75) is 32.2 Å². The van der Waals surface area contributed by atoms with Crippen molar-refractivity contribution < 1.29 is 0 Å². The van der Waals surface area contributed by atoms with E-state index in [1.807, 2.05) is 0 Å².